The Morgan fingerprint density at radius 2 is 2.19 bits per heavy atom. The van der Waals surface area contributed by atoms with Crippen molar-refractivity contribution in [2.75, 3.05) is 12.3 Å². The van der Waals surface area contributed by atoms with E-state index < -0.39 is 0 Å². The number of hydrogen-bond donors (Lipinski definition) is 2. The van der Waals surface area contributed by atoms with E-state index >= 15 is 0 Å². The van der Waals surface area contributed by atoms with Gasteiger partial charge in [0.2, 0.25) is 0 Å². The number of benzene rings is 1. The van der Waals surface area contributed by atoms with Gasteiger partial charge in [-0.05, 0) is 49.4 Å². The highest BCUT2D eigenvalue weighted by molar-refractivity contribution is 5.47. The summed E-state index contributed by atoms with van der Waals surface area (Å²) in [6.45, 7) is 4.16. The van der Waals surface area contributed by atoms with E-state index in [0.717, 1.165) is 24.7 Å². The number of nitrogens with two attached hydrogens (primary N) is 1. The number of aryl methyl sites for hydroxylation is 1. The summed E-state index contributed by atoms with van der Waals surface area (Å²) in [6, 6.07) is 6.27. The minimum absolute atomic E-state index is 0.887. The number of nitrogens with one attached hydrogen (secondary N) is 1. The third-order valence-electron chi connectivity index (χ3n) is 3.33. The van der Waals surface area contributed by atoms with Gasteiger partial charge in [-0.25, -0.2) is 0 Å². The van der Waals surface area contributed by atoms with Crippen molar-refractivity contribution in [2.45, 2.75) is 39.2 Å². The van der Waals surface area contributed by atoms with Gasteiger partial charge in [-0.3, -0.25) is 0 Å². The van der Waals surface area contributed by atoms with E-state index in [0.29, 0.717) is 0 Å². The molecule has 1 aromatic rings. The summed E-state index contributed by atoms with van der Waals surface area (Å²) in [5.41, 5.74) is 9.18. The Kier molecular flexibility index (Phi) is 3.83. The zero-order chi connectivity index (χ0) is 11.4. The lowest BCUT2D eigenvalue weighted by Crippen LogP contribution is -2.14. The number of nitrogen functional groups attached to an aromatic ring is 1. The van der Waals surface area contributed by atoms with E-state index in [1.165, 1.54) is 36.8 Å². The van der Waals surface area contributed by atoms with Gasteiger partial charge >= 0.3 is 0 Å². The maximum Gasteiger partial charge on any atom is 0.0343 e. The quantitative estimate of drug-likeness (QED) is 0.569. The first-order valence-corrected chi connectivity index (χ1v) is 6.31. The lowest BCUT2D eigenvalue weighted by Gasteiger charge is -2.07. The molecular formula is C14H22N2. The first kappa shape index (κ1) is 11.5. The molecule has 0 aromatic heterocycles. The van der Waals surface area contributed by atoms with Gasteiger partial charge in [0.1, 0.15) is 0 Å². The van der Waals surface area contributed by atoms with Crippen LogP contribution in [0.5, 0.6) is 0 Å². The Hall–Kier alpha value is -1.02. The van der Waals surface area contributed by atoms with E-state index in [2.05, 4.69) is 24.4 Å². The maximum absolute atomic E-state index is 5.78. The second-order valence-electron chi connectivity index (χ2n) is 4.95. The first-order valence-electron chi connectivity index (χ1n) is 6.31. The van der Waals surface area contributed by atoms with Crippen LogP contribution in [-0.4, -0.2) is 6.54 Å². The summed E-state index contributed by atoms with van der Waals surface area (Å²) in [6.07, 6.45) is 5.67. The van der Waals surface area contributed by atoms with E-state index in [1.54, 1.807) is 0 Å². The normalized spacial score (nSPS) is 15.3. The summed E-state index contributed by atoms with van der Waals surface area (Å²) in [5, 5.41) is 3.49. The first-order chi connectivity index (χ1) is 7.75. The molecule has 1 aromatic carbocycles. The molecule has 16 heavy (non-hydrogen) atoms. The Morgan fingerprint density at radius 1 is 1.38 bits per heavy atom. The number of rotatable bonds is 6. The summed E-state index contributed by atoms with van der Waals surface area (Å²) in [5.74, 6) is 1.06. The van der Waals surface area contributed by atoms with Crippen molar-refractivity contribution in [3.05, 3.63) is 29.3 Å². The van der Waals surface area contributed by atoms with Gasteiger partial charge in [0.25, 0.3) is 0 Å². The average Bonchev–Trinajstić information content (AvgIpc) is 3.07. The topological polar surface area (TPSA) is 38.0 Å². The van der Waals surface area contributed by atoms with Crippen LogP contribution in [0.4, 0.5) is 5.69 Å². The highest BCUT2D eigenvalue weighted by atomic mass is 14.8. The van der Waals surface area contributed by atoms with Crippen molar-refractivity contribution in [1.82, 2.24) is 5.32 Å². The second-order valence-corrected chi connectivity index (χ2v) is 4.95. The lowest BCUT2D eigenvalue weighted by atomic mass is 10.1. The molecule has 0 radical (unpaired) electrons. The Morgan fingerprint density at radius 3 is 2.88 bits per heavy atom. The fraction of sp³-hybridized carbons (Fsp3) is 0.571. The van der Waals surface area contributed by atoms with Crippen LogP contribution in [0, 0.1) is 12.8 Å². The number of anilines is 1. The van der Waals surface area contributed by atoms with Crippen molar-refractivity contribution in [3.63, 3.8) is 0 Å². The van der Waals surface area contributed by atoms with Crippen LogP contribution in [0.15, 0.2) is 18.2 Å². The van der Waals surface area contributed by atoms with Crippen LogP contribution in [-0.2, 0) is 6.54 Å². The molecule has 0 aliphatic heterocycles. The summed E-state index contributed by atoms with van der Waals surface area (Å²) in [7, 11) is 0. The molecule has 0 atom stereocenters. The van der Waals surface area contributed by atoms with Crippen LogP contribution in [0.25, 0.3) is 0 Å². The third kappa shape index (κ3) is 3.53. The SMILES string of the molecule is Cc1cc(CNCCCC2CC2)ccc1N. The fourth-order valence-electron chi connectivity index (χ4n) is 2.00. The van der Waals surface area contributed by atoms with Gasteiger partial charge < -0.3 is 11.1 Å². The zero-order valence-corrected chi connectivity index (χ0v) is 10.1. The van der Waals surface area contributed by atoms with E-state index in [9.17, 15) is 0 Å². The standard InChI is InChI=1S/C14H22N2/c1-11-9-13(6-7-14(11)15)10-16-8-2-3-12-4-5-12/h6-7,9,12,16H,2-5,8,10,15H2,1H3. The van der Waals surface area contributed by atoms with Crippen molar-refractivity contribution in [3.8, 4) is 0 Å². The van der Waals surface area contributed by atoms with Crippen LogP contribution >= 0.6 is 0 Å². The Balaban J connectivity index is 1.65. The molecule has 2 heteroatoms. The van der Waals surface area contributed by atoms with Crippen LogP contribution in [0.1, 0.15) is 36.8 Å². The Labute approximate surface area is 98.2 Å². The Bertz CT molecular complexity index is 343. The molecule has 1 saturated carbocycles. The smallest absolute Gasteiger partial charge is 0.0343 e. The van der Waals surface area contributed by atoms with Crippen LogP contribution in [0.3, 0.4) is 0 Å². The van der Waals surface area contributed by atoms with Gasteiger partial charge in [-0.2, -0.15) is 0 Å². The molecule has 0 spiro atoms. The van der Waals surface area contributed by atoms with E-state index in [1.807, 2.05) is 6.07 Å². The maximum atomic E-state index is 5.78. The predicted octanol–water partition coefficient (Wildman–Crippen LogP) is 2.86. The fourth-order valence-corrected chi connectivity index (χ4v) is 2.00. The minimum Gasteiger partial charge on any atom is -0.399 e. The highest BCUT2D eigenvalue weighted by Crippen LogP contribution is 2.33. The molecule has 2 rings (SSSR count). The van der Waals surface area contributed by atoms with Crippen LogP contribution in [0.2, 0.25) is 0 Å². The highest BCUT2D eigenvalue weighted by Gasteiger charge is 2.19. The molecule has 0 bridgehead atoms. The van der Waals surface area contributed by atoms with Gasteiger partial charge in [-0.1, -0.05) is 25.0 Å². The van der Waals surface area contributed by atoms with Gasteiger partial charge in [0.05, 0.1) is 0 Å². The predicted molar refractivity (Wildman–Crippen MR) is 69.3 cm³/mol. The van der Waals surface area contributed by atoms with Gasteiger partial charge in [0.15, 0.2) is 0 Å². The van der Waals surface area contributed by atoms with Crippen molar-refractivity contribution in [2.24, 2.45) is 5.92 Å². The third-order valence-corrected chi connectivity index (χ3v) is 3.33. The summed E-state index contributed by atoms with van der Waals surface area (Å²) >= 11 is 0. The largest absolute Gasteiger partial charge is 0.399 e. The molecule has 0 unspecified atom stereocenters. The molecule has 1 fully saturated rings. The van der Waals surface area contributed by atoms with Crippen molar-refractivity contribution < 1.29 is 0 Å². The molecule has 0 saturated heterocycles. The lowest BCUT2D eigenvalue weighted by molar-refractivity contribution is 0.594. The summed E-state index contributed by atoms with van der Waals surface area (Å²) in [4.78, 5) is 0. The van der Waals surface area contributed by atoms with E-state index in [-0.39, 0.29) is 0 Å². The minimum atomic E-state index is 0.887. The van der Waals surface area contributed by atoms with Crippen molar-refractivity contribution >= 4 is 5.69 Å². The van der Waals surface area contributed by atoms with Crippen molar-refractivity contribution in [1.29, 1.82) is 0 Å². The molecule has 1 aliphatic rings. The zero-order valence-electron chi connectivity index (χ0n) is 10.1. The van der Waals surface area contributed by atoms with E-state index in [4.69, 9.17) is 5.73 Å². The molecular weight excluding hydrogens is 196 g/mol. The van der Waals surface area contributed by atoms with Gasteiger partial charge in [0, 0.05) is 12.2 Å². The molecule has 3 N–H and O–H groups in total. The molecule has 88 valence electrons. The average molecular weight is 218 g/mol. The summed E-state index contributed by atoms with van der Waals surface area (Å²) < 4.78 is 0. The molecule has 0 heterocycles. The van der Waals surface area contributed by atoms with Crippen LogP contribution < -0.4 is 11.1 Å². The van der Waals surface area contributed by atoms with Gasteiger partial charge in [-0.15, -0.1) is 0 Å². The molecule has 0 amide bonds. The monoisotopic (exact) mass is 218 g/mol. The second kappa shape index (κ2) is 5.35. The number of hydrogen-bond acceptors (Lipinski definition) is 2. The molecule has 2 nitrogen and oxygen atoms in total. The molecule has 1 aliphatic carbocycles.